The number of rotatable bonds is 8. The molecule has 3 rings (SSSR count). The van der Waals surface area contributed by atoms with Crippen molar-refractivity contribution in [2.75, 3.05) is 18.6 Å². The summed E-state index contributed by atoms with van der Waals surface area (Å²) in [5, 5.41) is 12.0. The van der Waals surface area contributed by atoms with Crippen molar-refractivity contribution < 1.29 is 4.74 Å². The van der Waals surface area contributed by atoms with Crippen LogP contribution in [0.25, 0.3) is 10.6 Å². The second-order valence-electron chi connectivity index (χ2n) is 7.01. The first kappa shape index (κ1) is 21.9. The van der Waals surface area contributed by atoms with Gasteiger partial charge in [0.15, 0.2) is 0 Å². The van der Waals surface area contributed by atoms with E-state index in [1.165, 1.54) is 0 Å². The zero-order valence-corrected chi connectivity index (χ0v) is 19.5. The van der Waals surface area contributed by atoms with Crippen LogP contribution in [0.2, 0.25) is 10.0 Å². The van der Waals surface area contributed by atoms with E-state index < -0.39 is 0 Å². The first-order chi connectivity index (χ1) is 13.9. The topological polar surface area (TPSA) is 38.2 Å². The van der Waals surface area contributed by atoms with Crippen molar-refractivity contribution in [1.82, 2.24) is 10.2 Å². The summed E-state index contributed by atoms with van der Waals surface area (Å²) in [6.45, 7) is 7.74. The van der Waals surface area contributed by atoms with Gasteiger partial charge in [0.25, 0.3) is 0 Å². The van der Waals surface area contributed by atoms with Crippen molar-refractivity contribution in [1.29, 1.82) is 0 Å². The van der Waals surface area contributed by atoms with Crippen molar-refractivity contribution in [2.24, 2.45) is 0 Å². The molecular formula is C22H25Cl2N3OS. The Morgan fingerprint density at radius 3 is 2.31 bits per heavy atom. The average Bonchev–Trinajstić information content (AvgIpc) is 3.17. The average molecular weight is 450 g/mol. The molecule has 1 heterocycles. The molecule has 0 unspecified atom stereocenters. The third-order valence-corrected chi connectivity index (χ3v) is 6.53. The van der Waals surface area contributed by atoms with Gasteiger partial charge in [0.2, 0.25) is 5.13 Å². The summed E-state index contributed by atoms with van der Waals surface area (Å²) in [7, 11) is 1.70. The van der Waals surface area contributed by atoms with Crippen LogP contribution in [0.4, 0.5) is 5.13 Å². The van der Waals surface area contributed by atoms with Gasteiger partial charge in [-0.3, -0.25) is 0 Å². The maximum atomic E-state index is 6.40. The van der Waals surface area contributed by atoms with Crippen LogP contribution >= 0.6 is 34.5 Å². The van der Waals surface area contributed by atoms with Crippen LogP contribution in [0.3, 0.4) is 0 Å². The van der Waals surface area contributed by atoms with Gasteiger partial charge in [-0.2, -0.15) is 0 Å². The van der Waals surface area contributed by atoms with Gasteiger partial charge in [0.05, 0.1) is 7.11 Å². The largest absolute Gasteiger partial charge is 0.496 e. The standard InChI is InChI=1S/C22H25Cl2N3OS/c1-5-6-10-27(13-17-18(23)8-7-9-19(17)24)22-26-25-21(29-22)16-11-14(2)20(28-4)15(3)12-16/h7-9,11-12H,5-6,10,13H2,1-4H3. The van der Waals surface area contributed by atoms with E-state index in [0.717, 1.165) is 57.5 Å². The number of aromatic nitrogens is 2. The van der Waals surface area contributed by atoms with E-state index in [4.69, 9.17) is 27.9 Å². The van der Waals surface area contributed by atoms with Gasteiger partial charge in [-0.25, -0.2) is 0 Å². The highest BCUT2D eigenvalue weighted by molar-refractivity contribution is 7.18. The van der Waals surface area contributed by atoms with E-state index in [0.29, 0.717) is 16.6 Å². The molecule has 0 fully saturated rings. The van der Waals surface area contributed by atoms with Gasteiger partial charge in [-0.1, -0.05) is 53.9 Å². The predicted octanol–water partition coefficient (Wildman–Crippen LogP) is 6.94. The predicted molar refractivity (Wildman–Crippen MR) is 124 cm³/mol. The molecule has 0 amide bonds. The highest BCUT2D eigenvalue weighted by Gasteiger charge is 2.18. The zero-order chi connectivity index (χ0) is 21.0. The lowest BCUT2D eigenvalue weighted by molar-refractivity contribution is 0.408. The molecule has 0 radical (unpaired) electrons. The number of anilines is 1. The Labute approximate surface area is 186 Å². The Balaban J connectivity index is 1.92. The van der Waals surface area contributed by atoms with E-state index in [1.807, 2.05) is 32.0 Å². The zero-order valence-electron chi connectivity index (χ0n) is 17.1. The molecule has 0 saturated carbocycles. The number of nitrogens with zero attached hydrogens (tertiary/aromatic N) is 3. The van der Waals surface area contributed by atoms with Gasteiger partial charge in [-0.15, -0.1) is 10.2 Å². The van der Waals surface area contributed by atoms with Gasteiger partial charge < -0.3 is 9.64 Å². The maximum Gasteiger partial charge on any atom is 0.208 e. The van der Waals surface area contributed by atoms with E-state index in [9.17, 15) is 0 Å². The molecule has 0 aliphatic carbocycles. The van der Waals surface area contributed by atoms with Crippen molar-refractivity contribution >= 4 is 39.7 Å². The molecule has 0 atom stereocenters. The summed E-state index contributed by atoms with van der Waals surface area (Å²) in [6.07, 6.45) is 2.15. The van der Waals surface area contributed by atoms with E-state index in [-0.39, 0.29) is 0 Å². The molecule has 0 aliphatic rings. The van der Waals surface area contributed by atoms with Crippen LogP contribution in [0.1, 0.15) is 36.5 Å². The van der Waals surface area contributed by atoms with E-state index in [2.05, 4.69) is 34.2 Å². The van der Waals surface area contributed by atoms with Gasteiger partial charge in [0, 0.05) is 34.3 Å². The molecule has 0 saturated heterocycles. The summed E-state index contributed by atoms with van der Waals surface area (Å²) in [4.78, 5) is 2.21. The fourth-order valence-electron chi connectivity index (χ4n) is 3.32. The van der Waals surface area contributed by atoms with Crippen molar-refractivity contribution in [3.8, 4) is 16.3 Å². The quantitative estimate of drug-likeness (QED) is 0.372. The first-order valence-electron chi connectivity index (χ1n) is 9.61. The number of methoxy groups -OCH3 is 1. The number of benzene rings is 2. The molecule has 0 spiro atoms. The van der Waals surface area contributed by atoms with Crippen LogP contribution in [0.15, 0.2) is 30.3 Å². The van der Waals surface area contributed by atoms with Crippen LogP contribution < -0.4 is 9.64 Å². The van der Waals surface area contributed by atoms with Gasteiger partial charge in [0.1, 0.15) is 10.8 Å². The Hall–Kier alpha value is -1.82. The molecule has 7 heteroatoms. The van der Waals surface area contributed by atoms with Crippen LogP contribution in [0, 0.1) is 13.8 Å². The normalized spacial score (nSPS) is 11.0. The second kappa shape index (κ2) is 9.79. The number of ether oxygens (including phenoxy) is 1. The maximum absolute atomic E-state index is 6.40. The number of aryl methyl sites for hydroxylation is 2. The fraction of sp³-hybridized carbons (Fsp3) is 0.364. The Morgan fingerprint density at radius 1 is 1.07 bits per heavy atom. The minimum atomic E-state index is 0.605. The summed E-state index contributed by atoms with van der Waals surface area (Å²) < 4.78 is 5.48. The minimum absolute atomic E-state index is 0.605. The Bertz CT molecular complexity index is 947. The molecule has 2 aromatic carbocycles. The number of hydrogen-bond acceptors (Lipinski definition) is 5. The fourth-order valence-corrected chi connectivity index (χ4v) is 4.70. The molecule has 154 valence electrons. The lowest BCUT2D eigenvalue weighted by Gasteiger charge is -2.22. The molecular weight excluding hydrogens is 425 g/mol. The Kier molecular flexibility index (Phi) is 7.38. The second-order valence-corrected chi connectivity index (χ2v) is 8.78. The number of unbranched alkanes of at least 4 members (excludes halogenated alkanes) is 1. The van der Waals surface area contributed by atoms with Crippen LogP contribution in [0.5, 0.6) is 5.75 Å². The molecule has 1 aromatic heterocycles. The van der Waals surface area contributed by atoms with Crippen molar-refractivity contribution in [3.05, 3.63) is 57.1 Å². The van der Waals surface area contributed by atoms with Gasteiger partial charge in [-0.05, 0) is 55.7 Å². The highest BCUT2D eigenvalue weighted by Crippen LogP contribution is 2.35. The Morgan fingerprint density at radius 2 is 1.72 bits per heavy atom. The van der Waals surface area contributed by atoms with Crippen molar-refractivity contribution in [2.45, 2.75) is 40.2 Å². The molecule has 29 heavy (non-hydrogen) atoms. The molecule has 4 nitrogen and oxygen atoms in total. The summed E-state index contributed by atoms with van der Waals surface area (Å²) in [6, 6.07) is 9.79. The van der Waals surface area contributed by atoms with Crippen molar-refractivity contribution in [3.63, 3.8) is 0 Å². The third-order valence-electron chi connectivity index (χ3n) is 4.79. The molecule has 0 aliphatic heterocycles. The monoisotopic (exact) mass is 449 g/mol. The molecule has 3 aromatic rings. The third kappa shape index (κ3) is 5.03. The highest BCUT2D eigenvalue weighted by atomic mass is 35.5. The summed E-state index contributed by atoms with van der Waals surface area (Å²) in [5.74, 6) is 0.913. The first-order valence-corrected chi connectivity index (χ1v) is 11.2. The minimum Gasteiger partial charge on any atom is -0.496 e. The molecule has 0 N–H and O–H groups in total. The van der Waals surface area contributed by atoms with Crippen LogP contribution in [-0.4, -0.2) is 23.9 Å². The summed E-state index contributed by atoms with van der Waals surface area (Å²) >= 11 is 14.4. The number of halogens is 2. The lowest BCUT2D eigenvalue weighted by Crippen LogP contribution is -2.24. The van der Waals surface area contributed by atoms with E-state index >= 15 is 0 Å². The SMILES string of the molecule is CCCCN(Cc1c(Cl)cccc1Cl)c1nnc(-c2cc(C)c(OC)c(C)c2)s1. The smallest absolute Gasteiger partial charge is 0.208 e. The van der Waals surface area contributed by atoms with Gasteiger partial charge >= 0.3 is 0 Å². The molecule has 0 bridgehead atoms. The lowest BCUT2D eigenvalue weighted by atomic mass is 10.1. The van der Waals surface area contributed by atoms with E-state index in [1.54, 1.807) is 18.4 Å². The van der Waals surface area contributed by atoms with Crippen LogP contribution in [-0.2, 0) is 6.54 Å². The number of hydrogen-bond donors (Lipinski definition) is 0. The summed E-state index contributed by atoms with van der Waals surface area (Å²) in [5.41, 5.74) is 4.14.